The van der Waals surface area contributed by atoms with E-state index in [0.29, 0.717) is 19.0 Å². The van der Waals surface area contributed by atoms with Crippen LogP contribution in [0.1, 0.15) is 24.9 Å². The fourth-order valence-electron chi connectivity index (χ4n) is 1.77. The van der Waals surface area contributed by atoms with Gasteiger partial charge in [-0.2, -0.15) is 0 Å². The van der Waals surface area contributed by atoms with Crippen LogP contribution in [0.2, 0.25) is 0 Å². The Kier molecular flexibility index (Phi) is 3.41. The molecule has 1 heterocycles. The van der Waals surface area contributed by atoms with Crippen LogP contribution in [0.4, 0.5) is 4.39 Å². The lowest BCUT2D eigenvalue weighted by Crippen LogP contribution is -2.18. The molecule has 0 radical (unpaired) electrons. The van der Waals surface area contributed by atoms with Crippen LogP contribution in [-0.4, -0.2) is 19.3 Å². The third-order valence-corrected chi connectivity index (χ3v) is 2.65. The van der Waals surface area contributed by atoms with Crippen molar-refractivity contribution in [3.05, 3.63) is 29.6 Å². The second-order valence-corrected chi connectivity index (χ2v) is 4.07. The van der Waals surface area contributed by atoms with E-state index in [1.165, 1.54) is 12.1 Å². The van der Waals surface area contributed by atoms with E-state index in [0.717, 1.165) is 12.0 Å². The molecule has 1 unspecified atom stereocenters. The quantitative estimate of drug-likeness (QED) is 0.855. The molecule has 0 spiro atoms. The first-order valence-corrected chi connectivity index (χ1v) is 5.46. The number of ether oxygens (including phenoxy) is 2. The summed E-state index contributed by atoms with van der Waals surface area (Å²) in [5, 5.41) is 0. The number of hydrogen-bond acceptors (Lipinski definition) is 3. The molecule has 4 heteroatoms. The number of rotatable bonds is 3. The minimum Gasteiger partial charge on any atom is -0.487 e. The van der Waals surface area contributed by atoms with Crippen LogP contribution in [0.3, 0.4) is 0 Å². The number of halogens is 1. The van der Waals surface area contributed by atoms with Crippen LogP contribution in [0.15, 0.2) is 18.2 Å². The van der Waals surface area contributed by atoms with Crippen molar-refractivity contribution in [3.63, 3.8) is 0 Å². The molecule has 0 aliphatic carbocycles. The fourth-order valence-corrected chi connectivity index (χ4v) is 1.77. The highest BCUT2D eigenvalue weighted by atomic mass is 19.1. The van der Waals surface area contributed by atoms with Crippen molar-refractivity contribution < 1.29 is 13.9 Å². The van der Waals surface area contributed by atoms with E-state index in [2.05, 4.69) is 0 Å². The third kappa shape index (κ3) is 2.51. The second kappa shape index (κ2) is 4.80. The van der Waals surface area contributed by atoms with Gasteiger partial charge in [0.25, 0.3) is 0 Å². The molecule has 0 amide bonds. The van der Waals surface area contributed by atoms with Gasteiger partial charge in [0.1, 0.15) is 17.7 Å². The molecule has 0 aromatic heterocycles. The smallest absolute Gasteiger partial charge is 0.127 e. The first-order chi connectivity index (χ1) is 7.66. The number of hydrogen-bond donors (Lipinski definition) is 1. The maximum Gasteiger partial charge on any atom is 0.127 e. The summed E-state index contributed by atoms with van der Waals surface area (Å²) in [4.78, 5) is 0. The van der Waals surface area contributed by atoms with Crippen molar-refractivity contribution >= 4 is 0 Å². The summed E-state index contributed by atoms with van der Waals surface area (Å²) in [5.74, 6) is 0.226. The van der Waals surface area contributed by atoms with E-state index in [4.69, 9.17) is 15.2 Å². The maximum atomic E-state index is 13.1. The predicted octanol–water partition coefficient (Wildman–Crippen LogP) is 2.01. The van der Waals surface area contributed by atoms with E-state index in [-0.39, 0.29) is 18.0 Å². The van der Waals surface area contributed by atoms with Crippen molar-refractivity contribution in [2.24, 2.45) is 5.73 Å². The Morgan fingerprint density at radius 2 is 2.38 bits per heavy atom. The molecule has 1 fully saturated rings. The average molecular weight is 225 g/mol. The summed E-state index contributed by atoms with van der Waals surface area (Å²) in [7, 11) is 0. The maximum absolute atomic E-state index is 13.1. The van der Waals surface area contributed by atoms with E-state index in [9.17, 15) is 4.39 Å². The van der Waals surface area contributed by atoms with Gasteiger partial charge in [-0.3, -0.25) is 0 Å². The van der Waals surface area contributed by atoms with Gasteiger partial charge >= 0.3 is 0 Å². The lowest BCUT2D eigenvalue weighted by atomic mass is 10.1. The summed E-state index contributed by atoms with van der Waals surface area (Å²) < 4.78 is 24.0. The van der Waals surface area contributed by atoms with Crippen molar-refractivity contribution in [2.75, 3.05) is 13.2 Å². The van der Waals surface area contributed by atoms with Gasteiger partial charge in [0.05, 0.1) is 13.2 Å². The van der Waals surface area contributed by atoms with Gasteiger partial charge < -0.3 is 15.2 Å². The average Bonchev–Trinajstić information content (AvgIpc) is 2.70. The van der Waals surface area contributed by atoms with Crippen LogP contribution in [0.5, 0.6) is 5.75 Å². The zero-order valence-electron chi connectivity index (χ0n) is 9.28. The number of nitrogens with two attached hydrogens (primary N) is 1. The van der Waals surface area contributed by atoms with Gasteiger partial charge in [0, 0.05) is 24.1 Å². The summed E-state index contributed by atoms with van der Waals surface area (Å²) in [6.45, 7) is 3.12. The first kappa shape index (κ1) is 11.4. The Bertz CT molecular complexity index is 362. The summed E-state index contributed by atoms with van der Waals surface area (Å²) >= 11 is 0. The van der Waals surface area contributed by atoms with Crippen molar-refractivity contribution in [1.29, 1.82) is 0 Å². The molecular formula is C12H16FNO2. The molecule has 0 bridgehead atoms. The Morgan fingerprint density at radius 1 is 1.56 bits per heavy atom. The number of benzene rings is 1. The van der Waals surface area contributed by atoms with Gasteiger partial charge in [0.2, 0.25) is 0 Å². The molecule has 1 aliphatic heterocycles. The molecule has 1 aromatic rings. The molecule has 88 valence electrons. The molecule has 2 rings (SSSR count). The lowest BCUT2D eigenvalue weighted by molar-refractivity contribution is 0.140. The van der Waals surface area contributed by atoms with Gasteiger partial charge in [-0.05, 0) is 13.0 Å². The zero-order chi connectivity index (χ0) is 11.5. The molecule has 2 atom stereocenters. The van der Waals surface area contributed by atoms with E-state index in [1.807, 2.05) is 6.92 Å². The molecule has 16 heavy (non-hydrogen) atoms. The van der Waals surface area contributed by atoms with Gasteiger partial charge in [-0.15, -0.1) is 0 Å². The van der Waals surface area contributed by atoms with Crippen LogP contribution < -0.4 is 10.5 Å². The van der Waals surface area contributed by atoms with Crippen LogP contribution in [0.25, 0.3) is 0 Å². The highest BCUT2D eigenvalue weighted by molar-refractivity contribution is 5.36. The lowest BCUT2D eigenvalue weighted by Gasteiger charge is -2.17. The molecular weight excluding hydrogens is 209 g/mol. The van der Waals surface area contributed by atoms with E-state index < -0.39 is 0 Å². The minimum absolute atomic E-state index is 0.0132. The monoisotopic (exact) mass is 225 g/mol. The van der Waals surface area contributed by atoms with Gasteiger partial charge in [-0.1, -0.05) is 6.07 Å². The molecule has 1 aromatic carbocycles. The highest BCUT2D eigenvalue weighted by Gasteiger charge is 2.19. The Morgan fingerprint density at radius 3 is 3.00 bits per heavy atom. The SMILES string of the molecule is C[C@H](N)c1ccc(F)cc1OC1CCOC1. The van der Waals surface area contributed by atoms with Crippen molar-refractivity contribution in [1.82, 2.24) is 0 Å². The Labute approximate surface area is 94.3 Å². The molecule has 0 saturated carbocycles. The first-order valence-electron chi connectivity index (χ1n) is 5.46. The molecule has 1 aliphatic rings. The normalized spacial score (nSPS) is 22.1. The van der Waals surface area contributed by atoms with Crippen molar-refractivity contribution in [2.45, 2.75) is 25.5 Å². The van der Waals surface area contributed by atoms with Crippen LogP contribution >= 0.6 is 0 Å². The second-order valence-electron chi connectivity index (χ2n) is 4.07. The topological polar surface area (TPSA) is 44.5 Å². The van der Waals surface area contributed by atoms with E-state index >= 15 is 0 Å². The Balaban J connectivity index is 2.19. The van der Waals surface area contributed by atoms with E-state index in [1.54, 1.807) is 6.07 Å². The summed E-state index contributed by atoms with van der Waals surface area (Å²) in [6, 6.07) is 4.29. The largest absolute Gasteiger partial charge is 0.487 e. The predicted molar refractivity (Wildman–Crippen MR) is 58.9 cm³/mol. The minimum atomic E-state index is -0.307. The standard InChI is InChI=1S/C12H16FNO2/c1-8(14)11-3-2-9(13)6-12(11)16-10-4-5-15-7-10/h2-3,6,8,10H,4-5,7,14H2,1H3/t8-,10?/m0/s1. The fraction of sp³-hybridized carbons (Fsp3) is 0.500. The summed E-state index contributed by atoms with van der Waals surface area (Å²) in [5.41, 5.74) is 6.63. The van der Waals surface area contributed by atoms with Gasteiger partial charge in [0.15, 0.2) is 0 Å². The molecule has 2 N–H and O–H groups in total. The molecule has 3 nitrogen and oxygen atoms in total. The van der Waals surface area contributed by atoms with Crippen molar-refractivity contribution in [3.8, 4) is 5.75 Å². The third-order valence-electron chi connectivity index (χ3n) is 2.65. The summed E-state index contributed by atoms with van der Waals surface area (Å²) in [6.07, 6.45) is 0.855. The zero-order valence-corrected chi connectivity index (χ0v) is 9.28. The molecule has 1 saturated heterocycles. The van der Waals surface area contributed by atoms with Gasteiger partial charge in [-0.25, -0.2) is 4.39 Å². The van der Waals surface area contributed by atoms with Crippen LogP contribution in [-0.2, 0) is 4.74 Å². The highest BCUT2D eigenvalue weighted by Crippen LogP contribution is 2.27. The Hall–Kier alpha value is -1.13. The van der Waals surface area contributed by atoms with Crippen LogP contribution in [0, 0.1) is 5.82 Å².